The number of benzene rings is 2. The number of rotatable bonds is 3. The molecule has 4 nitrogen and oxygen atoms in total. The fourth-order valence-corrected chi connectivity index (χ4v) is 3.78. The molecule has 2 aromatic carbocycles. The Hall–Kier alpha value is -2.62. The molecule has 0 fully saturated rings. The third-order valence-corrected chi connectivity index (χ3v) is 5.39. The Balaban J connectivity index is 2.07. The van der Waals surface area contributed by atoms with Gasteiger partial charge in [0.1, 0.15) is 5.69 Å². The van der Waals surface area contributed by atoms with Gasteiger partial charge in [-0.15, -0.1) is 5.10 Å². The molecule has 0 amide bonds. The lowest BCUT2D eigenvalue weighted by Gasteiger charge is -2.34. The molecule has 0 radical (unpaired) electrons. The predicted octanol–water partition coefficient (Wildman–Crippen LogP) is 5.31. The summed E-state index contributed by atoms with van der Waals surface area (Å²) < 4.78 is 2.06. The van der Waals surface area contributed by atoms with Crippen LogP contribution in [0.3, 0.4) is 0 Å². The molecule has 0 N–H and O–H groups in total. The topological polar surface area (TPSA) is 34.0 Å². The van der Waals surface area contributed by atoms with E-state index in [4.69, 9.17) is 0 Å². The Morgan fingerprint density at radius 2 is 1.65 bits per heavy atom. The van der Waals surface area contributed by atoms with Crippen LogP contribution in [0.5, 0.6) is 0 Å². The summed E-state index contributed by atoms with van der Waals surface area (Å²) >= 11 is 0. The van der Waals surface area contributed by atoms with Gasteiger partial charge in [-0.3, -0.25) is 0 Å². The van der Waals surface area contributed by atoms with Gasteiger partial charge in [-0.25, -0.2) is 4.68 Å². The third kappa shape index (κ3) is 2.61. The summed E-state index contributed by atoms with van der Waals surface area (Å²) in [5.41, 5.74) is 7.09. The number of para-hydroxylation sites is 1. The van der Waals surface area contributed by atoms with Gasteiger partial charge in [-0.05, 0) is 38.8 Å². The van der Waals surface area contributed by atoms with Gasteiger partial charge >= 0.3 is 0 Å². The zero-order valence-corrected chi connectivity index (χ0v) is 16.0. The third-order valence-electron chi connectivity index (χ3n) is 5.39. The van der Waals surface area contributed by atoms with Crippen molar-refractivity contribution in [2.45, 2.75) is 52.7 Å². The van der Waals surface area contributed by atoms with Crippen LogP contribution in [-0.4, -0.2) is 21.0 Å². The van der Waals surface area contributed by atoms with Crippen LogP contribution >= 0.6 is 0 Å². The minimum atomic E-state index is 0.253. The average molecular weight is 346 g/mol. The summed E-state index contributed by atoms with van der Waals surface area (Å²) in [6.07, 6.45) is 1.10. The lowest BCUT2D eigenvalue weighted by Crippen LogP contribution is -2.33. The number of hydrogen-bond donors (Lipinski definition) is 0. The highest BCUT2D eigenvalue weighted by Gasteiger charge is 2.28. The van der Waals surface area contributed by atoms with E-state index in [2.05, 4.69) is 96.1 Å². The highest BCUT2D eigenvalue weighted by Crippen LogP contribution is 2.42. The molecule has 1 atom stereocenters. The first-order valence-electron chi connectivity index (χ1n) is 9.51. The molecule has 0 bridgehead atoms. The van der Waals surface area contributed by atoms with Gasteiger partial charge in [-0.2, -0.15) is 0 Å². The molecular formula is C22H26N4. The minimum Gasteiger partial charge on any atom is -0.364 e. The second kappa shape index (κ2) is 6.60. The molecule has 0 spiro atoms. The molecule has 134 valence electrons. The van der Waals surface area contributed by atoms with Crippen molar-refractivity contribution in [2.75, 3.05) is 4.90 Å². The molecule has 3 aromatic rings. The van der Waals surface area contributed by atoms with E-state index < -0.39 is 0 Å². The van der Waals surface area contributed by atoms with Crippen LogP contribution in [0.1, 0.15) is 45.7 Å². The first-order chi connectivity index (χ1) is 12.6. The summed E-state index contributed by atoms with van der Waals surface area (Å²) in [4.78, 5) is 2.52. The molecule has 1 aliphatic heterocycles. The maximum Gasteiger partial charge on any atom is 0.121 e. The monoisotopic (exact) mass is 346 g/mol. The second-order valence-corrected chi connectivity index (χ2v) is 7.38. The van der Waals surface area contributed by atoms with E-state index in [1.807, 2.05) is 0 Å². The molecule has 1 unspecified atom stereocenters. The molecule has 0 saturated heterocycles. The summed E-state index contributed by atoms with van der Waals surface area (Å²) in [5.74, 6) is 0. The number of hydrogen-bond acceptors (Lipinski definition) is 3. The van der Waals surface area contributed by atoms with Gasteiger partial charge in [0.15, 0.2) is 0 Å². The smallest absolute Gasteiger partial charge is 0.121 e. The quantitative estimate of drug-likeness (QED) is 0.644. The molecule has 1 aromatic heterocycles. The summed E-state index contributed by atoms with van der Waals surface area (Å²) in [6.45, 7) is 9.77. The van der Waals surface area contributed by atoms with E-state index in [1.54, 1.807) is 0 Å². The van der Waals surface area contributed by atoms with Crippen LogP contribution < -0.4 is 4.90 Å². The minimum absolute atomic E-state index is 0.253. The molecule has 4 heteroatoms. The van der Waals surface area contributed by atoms with Crippen molar-refractivity contribution in [2.24, 2.45) is 0 Å². The first-order valence-corrected chi connectivity index (χ1v) is 9.51. The molecular weight excluding hydrogens is 320 g/mol. The van der Waals surface area contributed by atoms with Gasteiger partial charge in [0.05, 0.1) is 5.69 Å². The first kappa shape index (κ1) is 16.8. The Morgan fingerprint density at radius 1 is 0.962 bits per heavy atom. The van der Waals surface area contributed by atoms with E-state index >= 15 is 0 Å². The second-order valence-electron chi connectivity index (χ2n) is 7.38. The lowest BCUT2D eigenvalue weighted by molar-refractivity contribution is 0.519. The van der Waals surface area contributed by atoms with Crippen LogP contribution in [0.4, 0.5) is 5.69 Å². The van der Waals surface area contributed by atoms with Crippen LogP contribution in [0.15, 0.2) is 48.5 Å². The van der Waals surface area contributed by atoms with Gasteiger partial charge in [-0.1, -0.05) is 54.6 Å². The summed E-state index contributed by atoms with van der Waals surface area (Å²) in [7, 11) is 0. The average Bonchev–Trinajstić information content (AvgIpc) is 3.09. The van der Waals surface area contributed by atoms with E-state index in [9.17, 15) is 0 Å². The van der Waals surface area contributed by atoms with Crippen molar-refractivity contribution >= 4 is 5.69 Å². The number of anilines is 1. The highest BCUT2D eigenvalue weighted by molar-refractivity contribution is 5.88. The van der Waals surface area contributed by atoms with Crippen molar-refractivity contribution in [3.05, 3.63) is 54.1 Å². The van der Waals surface area contributed by atoms with Crippen LogP contribution in [0.25, 0.3) is 22.5 Å². The fourth-order valence-electron chi connectivity index (χ4n) is 3.78. The van der Waals surface area contributed by atoms with Crippen LogP contribution in [0.2, 0.25) is 0 Å². The van der Waals surface area contributed by atoms with Crippen LogP contribution in [-0.2, 0) is 6.54 Å². The zero-order chi connectivity index (χ0) is 18.3. The number of fused-ring (bicyclic) bond motifs is 5. The van der Waals surface area contributed by atoms with E-state index in [-0.39, 0.29) is 6.04 Å². The number of aromatic nitrogens is 3. The van der Waals surface area contributed by atoms with Gasteiger partial charge in [0.25, 0.3) is 0 Å². The van der Waals surface area contributed by atoms with Crippen molar-refractivity contribution < 1.29 is 0 Å². The summed E-state index contributed by atoms with van der Waals surface area (Å²) in [5, 5.41) is 9.12. The van der Waals surface area contributed by atoms with Crippen molar-refractivity contribution in [3.63, 3.8) is 0 Å². The Kier molecular flexibility index (Phi) is 4.27. The Labute approximate surface area is 155 Å². The van der Waals surface area contributed by atoms with Crippen LogP contribution in [0, 0.1) is 0 Å². The van der Waals surface area contributed by atoms with E-state index in [1.165, 1.54) is 22.4 Å². The maximum absolute atomic E-state index is 4.60. The SMILES string of the molecule is CCC(C)N1Cc2ccccc2-c2nnn(C(C)C)c2-c2ccccc21. The molecule has 4 rings (SSSR count). The standard InChI is InChI=1S/C22H26N4/c1-5-16(4)25-14-17-10-6-7-11-18(17)21-22(26(15(2)3)24-23-21)19-12-8-9-13-20(19)25/h6-13,15-16H,5,14H2,1-4H3. The van der Waals surface area contributed by atoms with Gasteiger partial charge < -0.3 is 4.90 Å². The van der Waals surface area contributed by atoms with Gasteiger partial charge in [0, 0.05) is 35.4 Å². The molecule has 0 saturated carbocycles. The fraction of sp³-hybridized carbons (Fsp3) is 0.364. The largest absolute Gasteiger partial charge is 0.364 e. The van der Waals surface area contributed by atoms with E-state index in [0.29, 0.717) is 6.04 Å². The highest BCUT2D eigenvalue weighted by atomic mass is 15.4. The zero-order valence-electron chi connectivity index (χ0n) is 16.0. The Morgan fingerprint density at radius 3 is 2.38 bits per heavy atom. The predicted molar refractivity (Wildman–Crippen MR) is 107 cm³/mol. The maximum atomic E-state index is 4.60. The summed E-state index contributed by atoms with van der Waals surface area (Å²) in [6, 6.07) is 18.0. The van der Waals surface area contributed by atoms with Crippen molar-refractivity contribution in [1.82, 2.24) is 15.0 Å². The normalized spacial score (nSPS) is 14.3. The lowest BCUT2D eigenvalue weighted by atomic mass is 9.94. The van der Waals surface area contributed by atoms with E-state index in [0.717, 1.165) is 24.4 Å². The number of nitrogens with zero attached hydrogens (tertiary/aromatic N) is 4. The molecule has 0 aliphatic carbocycles. The van der Waals surface area contributed by atoms with Gasteiger partial charge in [0.2, 0.25) is 0 Å². The molecule has 26 heavy (non-hydrogen) atoms. The molecule has 2 heterocycles. The molecule has 1 aliphatic rings. The van der Waals surface area contributed by atoms with Crippen molar-refractivity contribution in [3.8, 4) is 22.5 Å². The Bertz CT molecular complexity index is 925. The van der Waals surface area contributed by atoms with Crippen molar-refractivity contribution in [1.29, 1.82) is 0 Å².